The van der Waals surface area contributed by atoms with E-state index in [4.69, 9.17) is 14.2 Å². The molecule has 0 aromatic carbocycles. The lowest BCUT2D eigenvalue weighted by molar-refractivity contribution is -0.218. The van der Waals surface area contributed by atoms with Crippen molar-refractivity contribution in [1.82, 2.24) is 0 Å². The maximum absolute atomic E-state index is 13.9. The molecule has 0 radical (unpaired) electrons. The largest absolute Gasteiger partial charge is 0.381 e. The van der Waals surface area contributed by atoms with Crippen LogP contribution < -0.4 is 0 Å². The minimum atomic E-state index is -0.362. The zero-order valence-electron chi connectivity index (χ0n) is 18.9. The lowest BCUT2D eigenvalue weighted by Crippen LogP contribution is -2.63. The van der Waals surface area contributed by atoms with E-state index in [2.05, 4.69) is 34.0 Å². The highest BCUT2D eigenvalue weighted by Gasteiger charge is 2.68. The van der Waals surface area contributed by atoms with Crippen molar-refractivity contribution in [2.24, 2.45) is 34.0 Å². The third-order valence-electron chi connectivity index (χ3n) is 8.99. The maximum atomic E-state index is 13.9. The number of rotatable bonds is 6. The van der Waals surface area contributed by atoms with Crippen molar-refractivity contribution in [3.05, 3.63) is 0 Å². The summed E-state index contributed by atoms with van der Waals surface area (Å²) in [6.45, 7) is 9.49. The summed E-state index contributed by atoms with van der Waals surface area (Å²) in [5.41, 5.74) is -0.352. The fourth-order valence-corrected chi connectivity index (χ4v) is 8.23. The predicted molar refractivity (Wildman–Crippen MR) is 114 cm³/mol. The average Bonchev–Trinajstić information content (AvgIpc) is 3.07. The normalized spacial score (nSPS) is 48.8. The van der Waals surface area contributed by atoms with E-state index in [1.165, 1.54) is 0 Å². The quantitative estimate of drug-likeness (QED) is 0.586. The monoisotopic (exact) mass is 412 g/mol. The molecule has 0 amide bonds. The van der Waals surface area contributed by atoms with Crippen molar-refractivity contribution in [3.63, 3.8) is 0 Å². The number of ether oxygens (including phenoxy) is 3. The van der Waals surface area contributed by atoms with Gasteiger partial charge in [0.2, 0.25) is 0 Å². The Bertz CT molecular complexity index is 583. The van der Waals surface area contributed by atoms with Gasteiger partial charge in [0.25, 0.3) is 0 Å². The first-order chi connectivity index (χ1) is 13.2. The third-order valence-corrected chi connectivity index (χ3v) is 9.92. The van der Waals surface area contributed by atoms with Gasteiger partial charge in [-0.2, -0.15) is 11.8 Å². The van der Waals surface area contributed by atoms with Gasteiger partial charge < -0.3 is 14.2 Å². The molecule has 0 N–H and O–H groups in total. The Labute approximate surface area is 175 Å². The van der Waals surface area contributed by atoms with E-state index >= 15 is 0 Å². The number of hydrogen-bond donors (Lipinski definition) is 0. The number of carbonyl (C=O) groups is 1. The van der Waals surface area contributed by atoms with E-state index in [1.807, 2.05) is 7.11 Å². The number of hydrogen-bond acceptors (Lipinski definition) is 5. The fraction of sp³-hybridized carbons (Fsp3) is 0.957. The summed E-state index contributed by atoms with van der Waals surface area (Å²) < 4.78 is 17.8. The van der Waals surface area contributed by atoms with Crippen molar-refractivity contribution in [1.29, 1.82) is 0 Å². The molecule has 0 aromatic heterocycles. The summed E-state index contributed by atoms with van der Waals surface area (Å²) in [6, 6.07) is 0. The Morgan fingerprint density at radius 1 is 1.14 bits per heavy atom. The van der Waals surface area contributed by atoms with Gasteiger partial charge in [0, 0.05) is 36.7 Å². The van der Waals surface area contributed by atoms with Crippen LogP contribution in [-0.4, -0.2) is 51.0 Å². The SMILES string of the molecule is COCO[C@H]1C[C@@](C)(CSC)C(=O)[C@H](C)[C@@]23CC[C@@H](C)[C@]1(C)[C@H]2[C@H](OC)CC3. The molecule has 0 spiro atoms. The van der Waals surface area contributed by atoms with Gasteiger partial charge in [-0.1, -0.05) is 27.7 Å². The Morgan fingerprint density at radius 3 is 2.43 bits per heavy atom. The van der Waals surface area contributed by atoms with Crippen molar-refractivity contribution in [2.45, 2.75) is 72.0 Å². The van der Waals surface area contributed by atoms with Crippen LogP contribution in [-0.2, 0) is 19.0 Å². The van der Waals surface area contributed by atoms with Gasteiger partial charge in [0.15, 0.2) is 0 Å². The molecule has 0 unspecified atom stereocenters. The molecule has 3 aliphatic rings. The smallest absolute Gasteiger partial charge is 0.146 e. The average molecular weight is 413 g/mol. The highest BCUT2D eigenvalue weighted by molar-refractivity contribution is 7.98. The van der Waals surface area contributed by atoms with Gasteiger partial charge >= 0.3 is 0 Å². The summed E-state index contributed by atoms with van der Waals surface area (Å²) in [6.07, 6.45) is 7.52. The lowest BCUT2D eigenvalue weighted by atomic mass is 9.44. The van der Waals surface area contributed by atoms with E-state index in [-0.39, 0.29) is 41.2 Å². The molecule has 3 rings (SSSR count). The molecular weight excluding hydrogens is 372 g/mol. The van der Waals surface area contributed by atoms with Gasteiger partial charge in [0.05, 0.1) is 12.2 Å². The highest BCUT2D eigenvalue weighted by Crippen LogP contribution is 2.68. The molecule has 0 saturated heterocycles. The summed E-state index contributed by atoms with van der Waals surface area (Å²) in [5, 5.41) is 0. The van der Waals surface area contributed by atoms with Crippen LogP contribution in [0.1, 0.15) is 59.8 Å². The standard InChI is InChI=1S/C23H40O4S/c1-15-8-10-23-11-9-17(26-6)19(23)22(15,4)18(27-14-25-5)12-21(3,13-28-7)20(24)16(23)2/h15-19H,8-14H2,1-7H3/t15-,16+,17-,18+,19-,21+,22+,23+/m1/s1. The van der Waals surface area contributed by atoms with Crippen LogP contribution in [0.5, 0.6) is 0 Å². The second-order valence-electron chi connectivity index (χ2n) is 10.2. The van der Waals surface area contributed by atoms with Crippen molar-refractivity contribution in [2.75, 3.05) is 33.0 Å². The van der Waals surface area contributed by atoms with Crippen molar-refractivity contribution < 1.29 is 19.0 Å². The Morgan fingerprint density at radius 2 is 1.82 bits per heavy atom. The lowest BCUT2D eigenvalue weighted by Gasteiger charge is -2.62. The van der Waals surface area contributed by atoms with Crippen LogP contribution in [0.25, 0.3) is 0 Å². The van der Waals surface area contributed by atoms with Crippen LogP contribution in [0.2, 0.25) is 0 Å². The fourth-order valence-electron chi connectivity index (χ4n) is 7.33. The van der Waals surface area contributed by atoms with Gasteiger partial charge in [-0.15, -0.1) is 0 Å². The van der Waals surface area contributed by atoms with Crippen LogP contribution >= 0.6 is 11.8 Å². The molecule has 0 aliphatic heterocycles. The minimum Gasteiger partial charge on any atom is -0.381 e. The molecule has 5 heteroatoms. The van der Waals surface area contributed by atoms with E-state index < -0.39 is 0 Å². The first-order valence-corrected chi connectivity index (χ1v) is 12.3. The van der Waals surface area contributed by atoms with E-state index in [0.29, 0.717) is 17.6 Å². The van der Waals surface area contributed by atoms with Gasteiger partial charge in [-0.3, -0.25) is 4.79 Å². The van der Waals surface area contributed by atoms with Crippen molar-refractivity contribution in [3.8, 4) is 0 Å². The Hall–Kier alpha value is -0.100. The number of ketones is 1. The molecule has 2 bridgehead atoms. The van der Waals surface area contributed by atoms with Gasteiger partial charge in [-0.25, -0.2) is 0 Å². The van der Waals surface area contributed by atoms with Crippen LogP contribution in [0.3, 0.4) is 0 Å². The summed E-state index contributed by atoms with van der Waals surface area (Å²) in [7, 11) is 3.53. The number of thioether (sulfide) groups is 1. The second kappa shape index (κ2) is 8.20. The molecule has 3 fully saturated rings. The molecule has 0 aromatic rings. The highest BCUT2D eigenvalue weighted by atomic mass is 32.2. The van der Waals surface area contributed by atoms with Gasteiger partial charge in [0.1, 0.15) is 12.6 Å². The molecule has 3 saturated carbocycles. The van der Waals surface area contributed by atoms with E-state index in [1.54, 1.807) is 18.9 Å². The zero-order chi connectivity index (χ0) is 20.7. The molecule has 28 heavy (non-hydrogen) atoms. The zero-order valence-corrected chi connectivity index (χ0v) is 19.7. The predicted octanol–water partition coefficient (Wildman–Crippen LogP) is 4.80. The minimum absolute atomic E-state index is 0.00326. The van der Waals surface area contributed by atoms with Crippen molar-refractivity contribution >= 4 is 17.5 Å². The van der Waals surface area contributed by atoms with Crippen LogP contribution in [0, 0.1) is 34.0 Å². The molecule has 8 atom stereocenters. The molecule has 162 valence electrons. The second-order valence-corrected chi connectivity index (χ2v) is 11.0. The van der Waals surface area contributed by atoms with Crippen LogP contribution in [0.4, 0.5) is 0 Å². The maximum Gasteiger partial charge on any atom is 0.146 e. The molecule has 3 aliphatic carbocycles. The molecular formula is C23H40O4S. The first kappa shape index (κ1) is 22.6. The van der Waals surface area contributed by atoms with Crippen LogP contribution in [0.15, 0.2) is 0 Å². The van der Waals surface area contributed by atoms with E-state index in [9.17, 15) is 4.79 Å². The Balaban J connectivity index is 2.17. The number of Topliss-reactive ketones (excluding diaryl/α,β-unsaturated/α-hetero) is 1. The first-order valence-electron chi connectivity index (χ1n) is 10.9. The number of methoxy groups -OCH3 is 2. The topological polar surface area (TPSA) is 44.8 Å². The summed E-state index contributed by atoms with van der Waals surface area (Å²) in [4.78, 5) is 13.9. The van der Waals surface area contributed by atoms with E-state index in [0.717, 1.165) is 37.9 Å². The summed E-state index contributed by atoms with van der Waals surface area (Å²) in [5.74, 6) is 2.24. The molecule has 4 nitrogen and oxygen atoms in total. The van der Waals surface area contributed by atoms with Gasteiger partial charge in [-0.05, 0) is 55.6 Å². The summed E-state index contributed by atoms with van der Waals surface area (Å²) >= 11 is 1.78. The Kier molecular flexibility index (Phi) is 6.62. The third kappa shape index (κ3) is 3.19. The molecule has 0 heterocycles. The number of carbonyl (C=O) groups excluding carboxylic acids is 1.